The predicted molar refractivity (Wildman–Crippen MR) is 79.2 cm³/mol. The lowest BCUT2D eigenvalue weighted by atomic mass is 9.94. The van der Waals surface area contributed by atoms with Gasteiger partial charge in [-0.15, -0.1) is 0 Å². The molecule has 1 aliphatic heterocycles. The van der Waals surface area contributed by atoms with Gasteiger partial charge in [-0.05, 0) is 40.5 Å². The Morgan fingerprint density at radius 1 is 1.35 bits per heavy atom. The summed E-state index contributed by atoms with van der Waals surface area (Å²) in [6.45, 7) is 8.17. The van der Waals surface area contributed by atoms with E-state index in [2.05, 4.69) is 25.9 Å². The summed E-state index contributed by atoms with van der Waals surface area (Å²) in [7, 11) is 1.94. The summed E-state index contributed by atoms with van der Waals surface area (Å²) in [4.78, 5) is 14.4. The highest BCUT2D eigenvalue weighted by Crippen LogP contribution is 2.34. The van der Waals surface area contributed by atoms with E-state index < -0.39 is 0 Å². The van der Waals surface area contributed by atoms with Crippen LogP contribution >= 0.6 is 0 Å². The van der Waals surface area contributed by atoms with Crippen molar-refractivity contribution in [3.05, 3.63) is 17.0 Å². The van der Waals surface area contributed by atoms with Gasteiger partial charge in [0.05, 0.1) is 11.7 Å². The maximum absolute atomic E-state index is 12.5. The fourth-order valence-electron chi connectivity index (χ4n) is 3.32. The highest BCUT2D eigenvalue weighted by atomic mass is 16.2. The first kappa shape index (κ1) is 15.0. The summed E-state index contributed by atoms with van der Waals surface area (Å²) in [6, 6.07) is 0.0693. The fourth-order valence-corrected chi connectivity index (χ4v) is 3.32. The molecule has 1 aromatic rings. The van der Waals surface area contributed by atoms with Crippen molar-refractivity contribution in [1.29, 1.82) is 0 Å². The normalized spacial score (nSPS) is 24.4. The molecule has 2 N–H and O–H groups in total. The molecule has 1 fully saturated rings. The zero-order valence-electron chi connectivity index (χ0n) is 13.2. The van der Waals surface area contributed by atoms with Crippen molar-refractivity contribution in [2.24, 2.45) is 12.8 Å². The number of aryl methyl sites for hydroxylation is 2. The van der Waals surface area contributed by atoms with Gasteiger partial charge in [0.2, 0.25) is 5.91 Å². The zero-order valence-corrected chi connectivity index (χ0v) is 13.2. The van der Waals surface area contributed by atoms with Crippen molar-refractivity contribution in [3.8, 4) is 0 Å². The highest BCUT2D eigenvalue weighted by Gasteiger charge is 2.37. The lowest BCUT2D eigenvalue weighted by molar-refractivity contribution is -0.135. The number of aromatic nitrogens is 2. The first-order valence-electron chi connectivity index (χ1n) is 7.41. The average Bonchev–Trinajstić information content (AvgIpc) is 2.51. The fraction of sp³-hybridized carbons (Fsp3) is 0.733. The van der Waals surface area contributed by atoms with Gasteiger partial charge >= 0.3 is 0 Å². The number of hydrogen-bond acceptors (Lipinski definition) is 3. The molecule has 2 rings (SSSR count). The van der Waals surface area contributed by atoms with Crippen molar-refractivity contribution in [3.63, 3.8) is 0 Å². The molecule has 0 radical (unpaired) electrons. The van der Waals surface area contributed by atoms with E-state index in [1.165, 1.54) is 0 Å². The summed E-state index contributed by atoms with van der Waals surface area (Å²) < 4.78 is 1.88. The third-order valence-electron chi connectivity index (χ3n) is 4.34. The molecular weight excluding hydrogens is 252 g/mol. The molecule has 2 heterocycles. The predicted octanol–water partition coefficient (Wildman–Crippen LogP) is 1.83. The van der Waals surface area contributed by atoms with E-state index in [4.69, 9.17) is 5.73 Å². The number of nitrogens with zero attached hydrogens (tertiary/aromatic N) is 3. The van der Waals surface area contributed by atoms with Crippen LogP contribution < -0.4 is 5.73 Å². The number of nitrogens with two attached hydrogens (primary N) is 1. The summed E-state index contributed by atoms with van der Waals surface area (Å²) in [5, 5.41) is 4.49. The lowest BCUT2D eigenvalue weighted by Gasteiger charge is -2.37. The molecule has 0 bridgehead atoms. The van der Waals surface area contributed by atoms with Gasteiger partial charge in [0.15, 0.2) is 0 Å². The van der Waals surface area contributed by atoms with Crippen LogP contribution in [0.3, 0.4) is 0 Å². The molecule has 1 amide bonds. The Bertz CT molecular complexity index is 506. The van der Waals surface area contributed by atoms with Gasteiger partial charge in [-0.25, -0.2) is 0 Å². The molecule has 1 saturated heterocycles. The van der Waals surface area contributed by atoms with Gasteiger partial charge < -0.3 is 10.6 Å². The minimum absolute atomic E-state index is 0.0227. The van der Waals surface area contributed by atoms with Crippen LogP contribution in [0.25, 0.3) is 0 Å². The Hall–Kier alpha value is -1.36. The van der Waals surface area contributed by atoms with E-state index in [-0.39, 0.29) is 24.0 Å². The first-order valence-corrected chi connectivity index (χ1v) is 7.41. The monoisotopic (exact) mass is 278 g/mol. The van der Waals surface area contributed by atoms with Gasteiger partial charge in [0, 0.05) is 36.8 Å². The van der Waals surface area contributed by atoms with Crippen LogP contribution in [0.1, 0.15) is 56.1 Å². The number of likely N-dealkylation sites (tertiary alicyclic amines) is 1. The second kappa shape index (κ2) is 5.56. The average molecular weight is 278 g/mol. The van der Waals surface area contributed by atoms with Crippen molar-refractivity contribution in [2.75, 3.05) is 0 Å². The van der Waals surface area contributed by atoms with Crippen LogP contribution in [0.2, 0.25) is 0 Å². The van der Waals surface area contributed by atoms with Crippen LogP contribution in [0, 0.1) is 13.8 Å². The van der Waals surface area contributed by atoms with Crippen LogP contribution in [0.15, 0.2) is 0 Å². The van der Waals surface area contributed by atoms with Crippen molar-refractivity contribution in [2.45, 2.75) is 65.1 Å². The molecule has 2 unspecified atom stereocenters. The van der Waals surface area contributed by atoms with Crippen LogP contribution in [0.5, 0.6) is 0 Å². The molecule has 0 aliphatic carbocycles. The van der Waals surface area contributed by atoms with Gasteiger partial charge in [-0.1, -0.05) is 0 Å². The molecule has 5 nitrogen and oxygen atoms in total. The topological polar surface area (TPSA) is 64.2 Å². The molecule has 5 heteroatoms. The third-order valence-corrected chi connectivity index (χ3v) is 4.34. The maximum atomic E-state index is 12.5. The van der Waals surface area contributed by atoms with Crippen LogP contribution in [0.4, 0.5) is 0 Å². The molecule has 0 aromatic carbocycles. The largest absolute Gasteiger partial charge is 0.332 e. The lowest BCUT2D eigenvalue weighted by Crippen LogP contribution is -2.46. The molecule has 1 aliphatic rings. The Labute approximate surface area is 121 Å². The molecule has 2 atom stereocenters. The molecule has 112 valence electrons. The van der Waals surface area contributed by atoms with E-state index >= 15 is 0 Å². The summed E-state index contributed by atoms with van der Waals surface area (Å²) in [5.74, 6) is 0.209. The Balaban J connectivity index is 2.54. The van der Waals surface area contributed by atoms with Gasteiger partial charge in [0.25, 0.3) is 0 Å². The summed E-state index contributed by atoms with van der Waals surface area (Å²) >= 11 is 0. The summed E-state index contributed by atoms with van der Waals surface area (Å²) in [5.41, 5.74) is 9.62. The SMILES string of the molecule is Cc1nn(C)c(C)c1C1C(N)CCCC(=O)N1C(C)C. The number of rotatable bonds is 2. The smallest absolute Gasteiger partial charge is 0.223 e. The van der Waals surface area contributed by atoms with Crippen molar-refractivity contribution >= 4 is 5.91 Å². The molecule has 0 saturated carbocycles. The van der Waals surface area contributed by atoms with E-state index in [0.717, 1.165) is 29.8 Å². The quantitative estimate of drug-likeness (QED) is 0.897. The molecule has 1 aromatic heterocycles. The zero-order chi connectivity index (χ0) is 15.0. The maximum Gasteiger partial charge on any atom is 0.223 e. The van der Waals surface area contributed by atoms with Crippen LogP contribution in [-0.2, 0) is 11.8 Å². The van der Waals surface area contributed by atoms with E-state index in [1.54, 1.807) is 0 Å². The second-order valence-electron chi connectivity index (χ2n) is 6.10. The molecular formula is C15H26N4O. The van der Waals surface area contributed by atoms with E-state index in [9.17, 15) is 4.79 Å². The number of carbonyl (C=O) groups is 1. The van der Waals surface area contributed by atoms with Crippen molar-refractivity contribution < 1.29 is 4.79 Å². The minimum Gasteiger partial charge on any atom is -0.332 e. The van der Waals surface area contributed by atoms with Gasteiger partial charge in [-0.2, -0.15) is 5.10 Å². The van der Waals surface area contributed by atoms with Gasteiger partial charge in [-0.3, -0.25) is 9.48 Å². The number of carbonyl (C=O) groups excluding carboxylic acids is 1. The summed E-state index contributed by atoms with van der Waals surface area (Å²) in [6.07, 6.45) is 2.35. The second-order valence-corrected chi connectivity index (χ2v) is 6.10. The molecule has 20 heavy (non-hydrogen) atoms. The minimum atomic E-state index is -0.0568. The number of amides is 1. The standard InChI is InChI=1S/C15H26N4O/c1-9(2)19-13(20)8-6-7-12(16)15(19)14-10(3)17-18(5)11(14)4/h9,12,15H,6-8,16H2,1-5H3. The van der Waals surface area contributed by atoms with Crippen LogP contribution in [-0.4, -0.2) is 32.7 Å². The third kappa shape index (κ3) is 2.46. The Morgan fingerprint density at radius 2 is 2.00 bits per heavy atom. The highest BCUT2D eigenvalue weighted by molar-refractivity contribution is 5.77. The first-order chi connectivity index (χ1) is 9.34. The molecule has 0 spiro atoms. The van der Waals surface area contributed by atoms with E-state index in [0.29, 0.717) is 6.42 Å². The Kier molecular flexibility index (Phi) is 4.18. The van der Waals surface area contributed by atoms with Crippen molar-refractivity contribution in [1.82, 2.24) is 14.7 Å². The van der Waals surface area contributed by atoms with Gasteiger partial charge in [0.1, 0.15) is 0 Å². The Morgan fingerprint density at radius 3 is 2.50 bits per heavy atom. The number of hydrogen-bond donors (Lipinski definition) is 1. The van der Waals surface area contributed by atoms with E-state index in [1.807, 2.05) is 23.6 Å².